The van der Waals surface area contributed by atoms with Crippen LogP contribution in [0.15, 0.2) is 36.4 Å². The molecule has 0 saturated heterocycles. The number of ether oxygens (including phenoxy) is 3. The van der Waals surface area contributed by atoms with Crippen LogP contribution >= 0.6 is 0 Å². The minimum absolute atomic E-state index is 0.664. The summed E-state index contributed by atoms with van der Waals surface area (Å²) in [5.41, 5.74) is 3.45. The average molecular weight is 349 g/mol. The van der Waals surface area contributed by atoms with Crippen molar-refractivity contribution in [3.05, 3.63) is 42.1 Å². The first kappa shape index (κ1) is 16.2. The van der Waals surface area contributed by atoms with Crippen molar-refractivity contribution >= 4 is 21.8 Å². The van der Waals surface area contributed by atoms with Gasteiger partial charge in [-0.2, -0.15) is 5.10 Å². The number of aromatic amines is 1. The van der Waals surface area contributed by atoms with E-state index in [4.69, 9.17) is 19.2 Å². The lowest BCUT2D eigenvalue weighted by atomic mass is 10.00. The van der Waals surface area contributed by atoms with E-state index in [-0.39, 0.29) is 0 Å². The molecule has 0 saturated carbocycles. The van der Waals surface area contributed by atoms with Gasteiger partial charge in [-0.15, -0.1) is 0 Å². The molecule has 2 aromatic heterocycles. The van der Waals surface area contributed by atoms with Gasteiger partial charge < -0.3 is 14.2 Å². The third-order valence-electron chi connectivity index (χ3n) is 4.56. The number of rotatable bonds is 4. The predicted molar refractivity (Wildman–Crippen MR) is 101 cm³/mol. The summed E-state index contributed by atoms with van der Waals surface area (Å²) in [4.78, 5) is 4.80. The molecule has 2 heterocycles. The summed E-state index contributed by atoms with van der Waals surface area (Å²) in [6.07, 6.45) is 0. The monoisotopic (exact) mass is 349 g/mol. The molecule has 0 unspecified atom stereocenters. The van der Waals surface area contributed by atoms with Gasteiger partial charge in [-0.3, -0.25) is 5.10 Å². The van der Waals surface area contributed by atoms with E-state index in [1.54, 1.807) is 21.3 Å². The maximum Gasteiger partial charge on any atom is 0.182 e. The predicted octanol–water partition coefficient (Wildman–Crippen LogP) is 4.11. The van der Waals surface area contributed by atoms with Crippen LogP contribution in [-0.2, 0) is 0 Å². The van der Waals surface area contributed by atoms with Crippen LogP contribution in [0.1, 0.15) is 5.69 Å². The van der Waals surface area contributed by atoms with E-state index < -0.39 is 0 Å². The number of nitrogens with one attached hydrogen (secondary N) is 1. The van der Waals surface area contributed by atoms with E-state index in [2.05, 4.69) is 10.2 Å². The minimum Gasteiger partial charge on any atom is -0.497 e. The second-order valence-corrected chi connectivity index (χ2v) is 5.99. The fourth-order valence-corrected chi connectivity index (χ4v) is 3.24. The van der Waals surface area contributed by atoms with Crippen molar-refractivity contribution in [3.8, 4) is 28.5 Å². The van der Waals surface area contributed by atoms with Crippen LogP contribution in [0, 0.1) is 6.92 Å². The van der Waals surface area contributed by atoms with Crippen LogP contribution in [0.5, 0.6) is 17.2 Å². The van der Waals surface area contributed by atoms with Crippen molar-refractivity contribution in [2.45, 2.75) is 6.92 Å². The highest BCUT2D eigenvalue weighted by Crippen LogP contribution is 2.40. The number of fused-ring (bicyclic) bond motifs is 3. The Balaban J connectivity index is 2.10. The summed E-state index contributed by atoms with van der Waals surface area (Å²) in [5, 5.41) is 10.4. The molecule has 26 heavy (non-hydrogen) atoms. The summed E-state index contributed by atoms with van der Waals surface area (Å²) in [6, 6.07) is 11.8. The van der Waals surface area contributed by atoms with Crippen molar-refractivity contribution in [2.75, 3.05) is 21.3 Å². The number of H-pyrrole nitrogens is 1. The van der Waals surface area contributed by atoms with Gasteiger partial charge in [0.05, 0.1) is 27.0 Å². The Labute approximate surface area is 150 Å². The number of aromatic nitrogens is 3. The molecule has 0 aliphatic heterocycles. The van der Waals surface area contributed by atoms with Crippen LogP contribution in [-0.4, -0.2) is 36.5 Å². The van der Waals surface area contributed by atoms with E-state index in [0.717, 1.165) is 38.9 Å². The Kier molecular flexibility index (Phi) is 3.88. The fraction of sp³-hybridized carbons (Fsp3) is 0.200. The Hall–Kier alpha value is -3.28. The van der Waals surface area contributed by atoms with Crippen LogP contribution < -0.4 is 14.2 Å². The van der Waals surface area contributed by atoms with Crippen molar-refractivity contribution in [1.82, 2.24) is 15.2 Å². The average Bonchev–Trinajstić information content (AvgIpc) is 3.07. The molecule has 4 rings (SSSR count). The van der Waals surface area contributed by atoms with Gasteiger partial charge in [0.1, 0.15) is 5.75 Å². The van der Waals surface area contributed by atoms with Crippen LogP contribution in [0.3, 0.4) is 0 Å². The second-order valence-electron chi connectivity index (χ2n) is 5.99. The highest BCUT2D eigenvalue weighted by molar-refractivity contribution is 6.12. The Morgan fingerprint density at radius 3 is 2.12 bits per heavy atom. The van der Waals surface area contributed by atoms with Crippen LogP contribution in [0.2, 0.25) is 0 Å². The molecule has 0 amide bonds. The number of nitrogens with zero attached hydrogens (tertiary/aromatic N) is 2. The van der Waals surface area contributed by atoms with E-state index in [9.17, 15) is 0 Å². The SMILES string of the molecule is COc1ccc(-c2nc3n[nH]c(C)c3c3cc(OC)c(OC)cc23)cc1. The number of pyridine rings is 1. The molecule has 4 aromatic rings. The van der Waals surface area contributed by atoms with Gasteiger partial charge in [-0.1, -0.05) is 0 Å². The van der Waals surface area contributed by atoms with Gasteiger partial charge in [-0.25, -0.2) is 4.98 Å². The summed E-state index contributed by atoms with van der Waals surface area (Å²) in [5.74, 6) is 2.14. The molecule has 0 bridgehead atoms. The zero-order valence-electron chi connectivity index (χ0n) is 15.1. The van der Waals surface area contributed by atoms with E-state index in [1.807, 2.05) is 43.3 Å². The largest absolute Gasteiger partial charge is 0.497 e. The summed E-state index contributed by atoms with van der Waals surface area (Å²) in [7, 11) is 4.92. The van der Waals surface area contributed by atoms with Crippen molar-refractivity contribution < 1.29 is 14.2 Å². The smallest absolute Gasteiger partial charge is 0.182 e. The summed E-state index contributed by atoms with van der Waals surface area (Å²) in [6.45, 7) is 1.99. The molecule has 6 nitrogen and oxygen atoms in total. The first-order valence-electron chi connectivity index (χ1n) is 8.21. The normalized spacial score (nSPS) is 11.1. The van der Waals surface area contributed by atoms with E-state index >= 15 is 0 Å². The number of benzene rings is 2. The van der Waals surface area contributed by atoms with Crippen molar-refractivity contribution in [3.63, 3.8) is 0 Å². The Bertz CT molecular complexity index is 1100. The fourth-order valence-electron chi connectivity index (χ4n) is 3.24. The first-order valence-corrected chi connectivity index (χ1v) is 8.21. The second kappa shape index (κ2) is 6.22. The number of hydrogen-bond acceptors (Lipinski definition) is 5. The van der Waals surface area contributed by atoms with Gasteiger partial charge in [0.15, 0.2) is 17.1 Å². The molecule has 0 spiro atoms. The third kappa shape index (κ3) is 2.42. The quantitative estimate of drug-likeness (QED) is 0.600. The zero-order chi connectivity index (χ0) is 18.3. The molecular formula is C20H19N3O3. The van der Waals surface area contributed by atoms with Gasteiger partial charge in [-0.05, 0) is 43.3 Å². The maximum atomic E-state index is 5.50. The van der Waals surface area contributed by atoms with Gasteiger partial charge in [0, 0.05) is 27.4 Å². The van der Waals surface area contributed by atoms with Crippen LogP contribution in [0.25, 0.3) is 33.1 Å². The lowest BCUT2D eigenvalue weighted by molar-refractivity contribution is 0.356. The summed E-state index contributed by atoms with van der Waals surface area (Å²) >= 11 is 0. The maximum absolute atomic E-state index is 5.50. The Morgan fingerprint density at radius 1 is 0.846 bits per heavy atom. The first-order chi connectivity index (χ1) is 12.7. The molecule has 0 fully saturated rings. The molecule has 0 atom stereocenters. The number of methoxy groups -OCH3 is 3. The molecular weight excluding hydrogens is 330 g/mol. The van der Waals surface area contributed by atoms with Crippen molar-refractivity contribution in [1.29, 1.82) is 0 Å². The molecule has 0 radical (unpaired) electrons. The summed E-state index contributed by atoms with van der Waals surface area (Å²) < 4.78 is 16.3. The van der Waals surface area contributed by atoms with E-state index in [0.29, 0.717) is 17.1 Å². The minimum atomic E-state index is 0.664. The van der Waals surface area contributed by atoms with Gasteiger partial charge in [0.2, 0.25) is 0 Å². The van der Waals surface area contributed by atoms with E-state index in [1.165, 1.54) is 0 Å². The zero-order valence-corrected chi connectivity index (χ0v) is 15.1. The van der Waals surface area contributed by atoms with Crippen molar-refractivity contribution in [2.24, 2.45) is 0 Å². The molecule has 132 valence electrons. The number of hydrogen-bond donors (Lipinski definition) is 1. The highest BCUT2D eigenvalue weighted by atomic mass is 16.5. The molecule has 1 N–H and O–H groups in total. The Morgan fingerprint density at radius 2 is 1.50 bits per heavy atom. The molecule has 2 aromatic carbocycles. The highest BCUT2D eigenvalue weighted by Gasteiger charge is 2.17. The number of aryl methyl sites for hydroxylation is 1. The topological polar surface area (TPSA) is 69.3 Å². The van der Waals surface area contributed by atoms with Gasteiger partial charge in [0.25, 0.3) is 0 Å². The van der Waals surface area contributed by atoms with Gasteiger partial charge >= 0.3 is 0 Å². The molecule has 0 aliphatic rings. The standard InChI is InChI=1S/C20H19N3O3/c1-11-18-14-9-16(25-3)17(26-4)10-15(14)19(21-20(18)23-22-11)12-5-7-13(24-2)8-6-12/h5-10H,1-4H3,(H,21,22,23). The lowest BCUT2D eigenvalue weighted by Gasteiger charge is -2.13. The third-order valence-corrected chi connectivity index (χ3v) is 4.56. The molecule has 6 heteroatoms. The van der Waals surface area contributed by atoms with Crippen LogP contribution in [0.4, 0.5) is 0 Å². The molecule has 0 aliphatic carbocycles. The lowest BCUT2D eigenvalue weighted by Crippen LogP contribution is -1.94.